The van der Waals surface area contributed by atoms with Crippen LogP contribution in [-0.2, 0) is 4.74 Å². The molecule has 0 saturated carbocycles. The van der Waals surface area contributed by atoms with Gasteiger partial charge in [0.05, 0.1) is 12.7 Å². The lowest BCUT2D eigenvalue weighted by Gasteiger charge is -2.01. The molecule has 2 heteroatoms. The predicted molar refractivity (Wildman–Crippen MR) is 60.3 cm³/mol. The highest BCUT2D eigenvalue weighted by Gasteiger charge is 2.13. The first-order valence-electron chi connectivity index (χ1n) is 4.79. The molecule has 1 fully saturated rings. The van der Waals surface area contributed by atoms with Crippen molar-refractivity contribution in [2.24, 2.45) is 5.92 Å². The van der Waals surface area contributed by atoms with E-state index in [4.69, 9.17) is 9.84 Å². The average Bonchev–Trinajstić information content (AvgIpc) is 2.84. The monoisotopic (exact) mass is 196 g/mol. The summed E-state index contributed by atoms with van der Waals surface area (Å²) >= 11 is 0. The van der Waals surface area contributed by atoms with Crippen molar-refractivity contribution in [2.45, 2.75) is 26.9 Å². The fourth-order valence-corrected chi connectivity index (χ4v) is 0.492. The largest absolute Gasteiger partial charge is 0.509 e. The summed E-state index contributed by atoms with van der Waals surface area (Å²) in [6, 6.07) is 0. The first-order chi connectivity index (χ1) is 6.43. The van der Waals surface area contributed by atoms with Gasteiger partial charge < -0.3 is 9.84 Å². The maximum Gasteiger partial charge on any atom is 0.108 e. The molecule has 0 bridgehead atoms. The molecule has 0 aromatic rings. The molecule has 0 aliphatic carbocycles. The zero-order valence-electron chi connectivity index (χ0n) is 9.29. The Kier molecular flexibility index (Phi) is 5.97. The van der Waals surface area contributed by atoms with Gasteiger partial charge in [0.1, 0.15) is 5.76 Å². The molecule has 14 heavy (non-hydrogen) atoms. The van der Waals surface area contributed by atoms with Crippen molar-refractivity contribution in [3.63, 3.8) is 0 Å². The fourth-order valence-electron chi connectivity index (χ4n) is 0.492. The maximum absolute atomic E-state index is 8.66. The van der Waals surface area contributed by atoms with Crippen LogP contribution in [0.5, 0.6) is 0 Å². The number of ether oxygens (including phenoxy) is 1. The van der Waals surface area contributed by atoms with Crippen LogP contribution >= 0.6 is 0 Å². The van der Waals surface area contributed by atoms with E-state index in [1.807, 2.05) is 13.8 Å². The summed E-state index contributed by atoms with van der Waals surface area (Å²) in [5.41, 5.74) is 0.996. The van der Waals surface area contributed by atoms with Crippen molar-refractivity contribution in [3.8, 4) is 0 Å². The number of hydrogen-bond donors (Lipinski definition) is 1. The molecule has 80 valence electrons. The second-order valence-corrected chi connectivity index (χ2v) is 3.70. The van der Waals surface area contributed by atoms with E-state index in [-0.39, 0.29) is 5.76 Å². The Morgan fingerprint density at radius 2 is 1.86 bits per heavy atom. The van der Waals surface area contributed by atoms with Gasteiger partial charge in [-0.25, -0.2) is 0 Å². The van der Waals surface area contributed by atoms with Gasteiger partial charge in [0, 0.05) is 0 Å². The number of aliphatic hydroxyl groups is 1. The fraction of sp³-hybridized carbons (Fsp3) is 0.500. The molecule has 1 N–H and O–H groups in total. The van der Waals surface area contributed by atoms with Crippen LogP contribution in [-0.4, -0.2) is 17.8 Å². The van der Waals surface area contributed by atoms with Gasteiger partial charge in [-0.15, -0.1) is 0 Å². The molecule has 1 aliphatic rings. The minimum atomic E-state index is 0.0711. The molecule has 1 rings (SSSR count). The SMILES string of the molecule is C=C(O)/C=C\C(=C)C(C)C.CC1CO1. The second kappa shape index (κ2) is 6.44. The van der Waals surface area contributed by atoms with Crippen LogP contribution in [0.25, 0.3) is 0 Å². The van der Waals surface area contributed by atoms with E-state index in [1.165, 1.54) is 0 Å². The van der Waals surface area contributed by atoms with Gasteiger partial charge in [-0.3, -0.25) is 0 Å². The Hall–Kier alpha value is -1.02. The lowest BCUT2D eigenvalue weighted by molar-refractivity contribution is 0.423. The van der Waals surface area contributed by atoms with E-state index in [9.17, 15) is 0 Å². The molecule has 1 atom stereocenters. The number of epoxide rings is 1. The normalized spacial score (nSPS) is 19.0. The van der Waals surface area contributed by atoms with E-state index in [1.54, 1.807) is 12.2 Å². The van der Waals surface area contributed by atoms with Gasteiger partial charge in [0.2, 0.25) is 0 Å². The molecule has 0 radical (unpaired) electrons. The highest BCUT2D eigenvalue weighted by Crippen LogP contribution is 2.08. The first-order valence-corrected chi connectivity index (χ1v) is 4.79. The molecule has 0 amide bonds. The summed E-state index contributed by atoms with van der Waals surface area (Å²) in [6.07, 6.45) is 3.90. The van der Waals surface area contributed by atoms with E-state index in [2.05, 4.69) is 20.1 Å². The smallest absolute Gasteiger partial charge is 0.108 e. The summed E-state index contributed by atoms with van der Waals surface area (Å²) in [6.45, 7) is 14.2. The summed E-state index contributed by atoms with van der Waals surface area (Å²) in [4.78, 5) is 0. The van der Waals surface area contributed by atoms with Gasteiger partial charge in [0.25, 0.3) is 0 Å². The van der Waals surface area contributed by atoms with Crippen molar-refractivity contribution in [1.29, 1.82) is 0 Å². The highest BCUT2D eigenvalue weighted by atomic mass is 16.6. The lowest BCUT2D eigenvalue weighted by atomic mass is 10.1. The third-order valence-electron chi connectivity index (χ3n) is 1.73. The Labute approximate surface area is 86.6 Å². The predicted octanol–water partition coefficient (Wildman–Crippen LogP) is 3.23. The summed E-state index contributed by atoms with van der Waals surface area (Å²) in [5, 5.41) is 8.66. The zero-order chi connectivity index (χ0) is 11.1. The van der Waals surface area contributed by atoms with Crippen molar-refractivity contribution in [1.82, 2.24) is 0 Å². The maximum atomic E-state index is 8.66. The van der Waals surface area contributed by atoms with Crippen LogP contribution < -0.4 is 0 Å². The quantitative estimate of drug-likeness (QED) is 0.427. The number of hydrogen-bond acceptors (Lipinski definition) is 2. The molecule has 1 unspecified atom stereocenters. The van der Waals surface area contributed by atoms with Crippen LogP contribution in [0.3, 0.4) is 0 Å². The zero-order valence-corrected chi connectivity index (χ0v) is 9.29. The molecule has 1 heterocycles. The highest BCUT2D eigenvalue weighted by molar-refractivity contribution is 5.21. The van der Waals surface area contributed by atoms with E-state index in [0.717, 1.165) is 12.2 Å². The minimum absolute atomic E-state index is 0.0711. The Bertz CT molecular complexity index is 222. The molecule has 0 aromatic carbocycles. The first kappa shape index (κ1) is 13.0. The van der Waals surface area contributed by atoms with Crippen molar-refractivity contribution < 1.29 is 9.84 Å². The molecule has 1 saturated heterocycles. The molecule has 2 nitrogen and oxygen atoms in total. The Morgan fingerprint density at radius 1 is 1.43 bits per heavy atom. The molecule has 0 aromatic heterocycles. The lowest BCUT2D eigenvalue weighted by Crippen LogP contribution is -1.87. The second-order valence-electron chi connectivity index (χ2n) is 3.70. The number of allylic oxidation sites excluding steroid dienone is 3. The van der Waals surface area contributed by atoms with Gasteiger partial charge in [0.15, 0.2) is 0 Å². The number of rotatable bonds is 3. The van der Waals surface area contributed by atoms with E-state index in [0.29, 0.717) is 12.0 Å². The Balaban J connectivity index is 0.000000344. The number of aliphatic hydroxyl groups excluding tert-OH is 1. The van der Waals surface area contributed by atoms with Crippen LogP contribution in [0.4, 0.5) is 0 Å². The Morgan fingerprint density at radius 3 is 2.07 bits per heavy atom. The van der Waals surface area contributed by atoms with Crippen molar-refractivity contribution in [3.05, 3.63) is 36.6 Å². The van der Waals surface area contributed by atoms with Gasteiger partial charge in [-0.05, 0) is 18.9 Å². The summed E-state index contributed by atoms with van der Waals surface area (Å²) < 4.78 is 4.71. The molecular formula is C12H20O2. The average molecular weight is 196 g/mol. The minimum Gasteiger partial charge on any atom is -0.509 e. The topological polar surface area (TPSA) is 32.8 Å². The molecule has 1 aliphatic heterocycles. The van der Waals surface area contributed by atoms with E-state index >= 15 is 0 Å². The van der Waals surface area contributed by atoms with Gasteiger partial charge in [-0.2, -0.15) is 0 Å². The van der Waals surface area contributed by atoms with Crippen molar-refractivity contribution >= 4 is 0 Å². The van der Waals surface area contributed by atoms with Crippen LogP contribution in [0.15, 0.2) is 36.6 Å². The third-order valence-corrected chi connectivity index (χ3v) is 1.73. The summed E-state index contributed by atoms with van der Waals surface area (Å²) in [5.74, 6) is 0.498. The van der Waals surface area contributed by atoms with Crippen LogP contribution in [0.2, 0.25) is 0 Å². The van der Waals surface area contributed by atoms with Crippen LogP contribution in [0.1, 0.15) is 20.8 Å². The van der Waals surface area contributed by atoms with Gasteiger partial charge >= 0.3 is 0 Å². The van der Waals surface area contributed by atoms with E-state index < -0.39 is 0 Å². The molecular weight excluding hydrogens is 176 g/mol. The van der Waals surface area contributed by atoms with Crippen molar-refractivity contribution in [2.75, 3.05) is 6.61 Å². The molecule has 0 spiro atoms. The third kappa shape index (κ3) is 9.07. The standard InChI is InChI=1S/C9H14O.C3H6O/c1-7(2)8(3)5-6-9(4)10;1-3-2-4-3/h5-7,10H,3-4H2,1-2H3;3H,2H2,1H3/b6-5-;. The summed E-state index contributed by atoms with van der Waals surface area (Å²) in [7, 11) is 0. The van der Waals surface area contributed by atoms with Gasteiger partial charge in [-0.1, -0.05) is 38.7 Å². The van der Waals surface area contributed by atoms with Crippen LogP contribution in [0, 0.1) is 5.92 Å².